The highest BCUT2D eigenvalue weighted by Gasteiger charge is 2.32. The van der Waals surface area contributed by atoms with Crippen LogP contribution in [0, 0.1) is 0 Å². The summed E-state index contributed by atoms with van der Waals surface area (Å²) in [6.07, 6.45) is -1.80. The molecule has 11 N–H and O–H groups in total. The Bertz CT molecular complexity index is 1280. The number of amides is 3. The molecule has 2 aromatic rings. The number of benzene rings is 2. The van der Waals surface area contributed by atoms with Gasteiger partial charge in [-0.1, -0.05) is 38.6 Å². The number of halogens is 1. The average Bonchev–Trinajstić information content (AvgIpc) is 2.92. The average molecular weight is 610 g/mol. The van der Waals surface area contributed by atoms with Gasteiger partial charge in [0, 0.05) is 30.8 Å². The molecule has 0 saturated heterocycles. The Morgan fingerprint density at radius 2 is 1.64 bits per heavy atom. The maximum atomic E-state index is 13.3. The molecule has 4 bridgehead atoms. The van der Waals surface area contributed by atoms with Gasteiger partial charge in [-0.25, -0.2) is 4.79 Å². The summed E-state index contributed by atoms with van der Waals surface area (Å²) in [4.78, 5) is 50.8. The molecule has 232 valence electrons. The third-order valence-corrected chi connectivity index (χ3v) is 6.87. The van der Waals surface area contributed by atoms with Crippen molar-refractivity contribution in [2.24, 2.45) is 11.5 Å². The molecule has 0 saturated carbocycles. The highest BCUT2D eigenvalue weighted by atomic mass is 35.5. The lowest BCUT2D eigenvalue weighted by Gasteiger charge is -2.26. The predicted molar refractivity (Wildman–Crippen MR) is 158 cm³/mol. The van der Waals surface area contributed by atoms with Gasteiger partial charge in [0.05, 0.1) is 18.8 Å². The largest absolute Gasteiger partial charge is 0.508 e. The number of carboxylic acid groups (broad SMARTS) is 1. The van der Waals surface area contributed by atoms with Gasteiger partial charge >= 0.3 is 5.97 Å². The summed E-state index contributed by atoms with van der Waals surface area (Å²) < 4.78 is 0. The van der Waals surface area contributed by atoms with E-state index in [-0.39, 0.29) is 51.4 Å². The van der Waals surface area contributed by atoms with Gasteiger partial charge in [-0.05, 0) is 46.5 Å². The fourth-order valence-electron chi connectivity index (χ4n) is 4.21. The third-order valence-electron chi connectivity index (χ3n) is 6.50. The molecule has 1 aliphatic heterocycles. The number of nitrogens with two attached hydrogens (primary N) is 2. The Labute approximate surface area is 249 Å². The Balaban J connectivity index is 0.00000441. The number of nitrogens with one attached hydrogen (secondary N) is 3. The number of carboxylic acids is 1. The standard InChI is InChI=1S/C26H32ClN5O8.2CH4/c27-17-3-1-12-5-14(17)8-19(24(37)32-21(11-33)26(39)40)31-25(38)20(9-16(34)10-28)30-23(36)18(29)7-15-6-13(12)2-4-22(15)35;;/h1-6,16,18-21,33-35H,7-11,28-29H2,(H,30,36)(H,31,38)(H,32,37)(H,39,40);2*1H4/t16-,18+,19+,20+,21+;;/m1../s1. The minimum Gasteiger partial charge on any atom is -0.508 e. The lowest BCUT2D eigenvalue weighted by Crippen LogP contribution is -2.58. The van der Waals surface area contributed by atoms with E-state index >= 15 is 0 Å². The topological polar surface area (TPSA) is 237 Å². The van der Waals surface area contributed by atoms with Crippen LogP contribution in [0.4, 0.5) is 0 Å². The summed E-state index contributed by atoms with van der Waals surface area (Å²) in [6, 6.07) is 4.07. The number of phenolic OH excluding ortho intramolecular Hbond substituents is 1. The van der Waals surface area contributed by atoms with Gasteiger partial charge in [0.1, 0.15) is 23.9 Å². The van der Waals surface area contributed by atoms with Crippen LogP contribution >= 0.6 is 11.6 Å². The van der Waals surface area contributed by atoms with Gasteiger partial charge in [-0.3, -0.25) is 14.4 Å². The van der Waals surface area contributed by atoms with E-state index in [2.05, 4.69) is 16.0 Å². The van der Waals surface area contributed by atoms with Crippen molar-refractivity contribution in [1.82, 2.24) is 16.0 Å². The van der Waals surface area contributed by atoms with Crippen molar-refractivity contribution >= 4 is 35.3 Å². The molecule has 0 fully saturated rings. The highest BCUT2D eigenvalue weighted by molar-refractivity contribution is 6.31. The van der Waals surface area contributed by atoms with E-state index in [1.807, 2.05) is 0 Å². The van der Waals surface area contributed by atoms with Crippen LogP contribution in [0.25, 0.3) is 11.1 Å². The van der Waals surface area contributed by atoms with Crippen LogP contribution < -0.4 is 27.4 Å². The second kappa shape index (κ2) is 16.0. The summed E-state index contributed by atoms with van der Waals surface area (Å²) in [5, 5.41) is 46.5. The number of carbonyl (C=O) groups is 4. The zero-order chi connectivity index (χ0) is 29.6. The van der Waals surface area contributed by atoms with Crippen molar-refractivity contribution in [2.45, 2.75) is 64.4 Å². The number of rotatable bonds is 7. The lowest BCUT2D eigenvalue weighted by molar-refractivity contribution is -0.143. The van der Waals surface area contributed by atoms with Crippen LogP contribution in [-0.4, -0.2) is 87.5 Å². The smallest absolute Gasteiger partial charge is 0.328 e. The molecule has 0 spiro atoms. The van der Waals surface area contributed by atoms with Gasteiger partial charge in [-0.15, -0.1) is 0 Å². The van der Waals surface area contributed by atoms with Crippen LogP contribution in [0.1, 0.15) is 32.4 Å². The number of carbonyl (C=O) groups excluding carboxylic acids is 3. The Morgan fingerprint density at radius 3 is 2.24 bits per heavy atom. The Kier molecular flexibility index (Phi) is 13.8. The molecule has 2 aromatic carbocycles. The van der Waals surface area contributed by atoms with Crippen LogP contribution in [0.15, 0.2) is 36.4 Å². The number of aliphatic hydroxyl groups excluding tert-OH is 2. The van der Waals surface area contributed by atoms with E-state index in [4.69, 9.17) is 23.1 Å². The molecule has 13 nitrogen and oxygen atoms in total. The molecule has 5 atom stereocenters. The zero-order valence-electron chi connectivity index (χ0n) is 21.3. The summed E-state index contributed by atoms with van der Waals surface area (Å²) in [5.41, 5.74) is 13.7. The number of phenols is 1. The predicted octanol–water partition coefficient (Wildman–Crippen LogP) is -0.348. The number of hydrogen-bond acceptors (Lipinski definition) is 9. The van der Waals surface area contributed by atoms with Gasteiger partial charge < -0.3 is 47.8 Å². The molecule has 3 amide bonds. The van der Waals surface area contributed by atoms with Crippen LogP contribution in [-0.2, 0) is 32.0 Å². The second-order valence-corrected chi connectivity index (χ2v) is 9.90. The van der Waals surface area contributed by atoms with Gasteiger partial charge in [-0.2, -0.15) is 0 Å². The summed E-state index contributed by atoms with van der Waals surface area (Å²) in [6.45, 7) is -1.13. The van der Waals surface area contributed by atoms with E-state index in [1.165, 1.54) is 6.07 Å². The van der Waals surface area contributed by atoms with Crippen molar-refractivity contribution in [3.8, 4) is 16.9 Å². The fourth-order valence-corrected chi connectivity index (χ4v) is 4.40. The molecule has 0 unspecified atom stereocenters. The molecule has 1 heterocycles. The number of hydrogen-bond donors (Lipinski definition) is 9. The summed E-state index contributed by atoms with van der Waals surface area (Å²) in [5.74, 6) is -4.16. The molecule has 0 radical (unpaired) electrons. The maximum absolute atomic E-state index is 13.3. The molecule has 1 aliphatic rings. The van der Waals surface area contributed by atoms with Crippen LogP contribution in [0.2, 0.25) is 5.02 Å². The zero-order valence-corrected chi connectivity index (χ0v) is 22.1. The summed E-state index contributed by atoms with van der Waals surface area (Å²) >= 11 is 6.42. The van der Waals surface area contributed by atoms with Gasteiger partial charge in [0.25, 0.3) is 0 Å². The molecular weight excluding hydrogens is 570 g/mol. The van der Waals surface area contributed by atoms with E-state index in [1.54, 1.807) is 30.3 Å². The van der Waals surface area contributed by atoms with Gasteiger partial charge in [0.2, 0.25) is 17.7 Å². The highest BCUT2D eigenvalue weighted by Crippen LogP contribution is 2.30. The Hall–Kier alpha value is -3.75. The minimum atomic E-state index is -1.65. The minimum absolute atomic E-state index is 0. The van der Waals surface area contributed by atoms with Crippen LogP contribution in [0.3, 0.4) is 0 Å². The van der Waals surface area contributed by atoms with Crippen molar-refractivity contribution in [2.75, 3.05) is 13.2 Å². The molecule has 0 aromatic heterocycles. The summed E-state index contributed by atoms with van der Waals surface area (Å²) in [7, 11) is 0. The quantitative estimate of drug-likeness (QED) is 0.198. The van der Waals surface area contributed by atoms with Crippen LogP contribution in [0.5, 0.6) is 5.75 Å². The second-order valence-electron chi connectivity index (χ2n) is 9.49. The number of aromatic hydroxyl groups is 1. The van der Waals surface area contributed by atoms with E-state index < -0.39 is 60.6 Å². The third kappa shape index (κ3) is 9.13. The first-order valence-electron chi connectivity index (χ1n) is 12.4. The SMILES string of the molecule is C.C.NC[C@H](O)C[C@@H]1NC(=O)[C@@H](N)Cc2cc(ccc2O)-c2ccc(Cl)c(c2)C[C@@H](C(=O)N[C@@H](CO)C(=O)O)NC1=O. The first-order chi connectivity index (χ1) is 18.9. The first-order valence-corrected chi connectivity index (χ1v) is 12.8. The van der Waals surface area contributed by atoms with Gasteiger partial charge in [0.15, 0.2) is 0 Å². The molecular formula is C28H40ClN5O8. The normalized spacial score (nSPS) is 20.2. The molecule has 14 heteroatoms. The molecule has 42 heavy (non-hydrogen) atoms. The van der Waals surface area contributed by atoms with E-state index in [9.17, 15) is 39.6 Å². The van der Waals surface area contributed by atoms with Crippen molar-refractivity contribution < 1.29 is 39.6 Å². The molecule has 3 rings (SSSR count). The van der Waals surface area contributed by atoms with Crippen molar-refractivity contribution in [3.05, 3.63) is 52.5 Å². The van der Waals surface area contributed by atoms with E-state index in [0.29, 0.717) is 22.3 Å². The van der Waals surface area contributed by atoms with E-state index in [0.717, 1.165) is 0 Å². The first kappa shape index (κ1) is 36.3. The Morgan fingerprint density at radius 1 is 1.02 bits per heavy atom. The number of fused-ring (bicyclic) bond motifs is 5. The van der Waals surface area contributed by atoms with Crippen molar-refractivity contribution in [3.63, 3.8) is 0 Å². The maximum Gasteiger partial charge on any atom is 0.328 e. The van der Waals surface area contributed by atoms with Crippen molar-refractivity contribution in [1.29, 1.82) is 0 Å². The molecule has 0 aliphatic carbocycles. The fraction of sp³-hybridized carbons (Fsp3) is 0.429. The lowest BCUT2D eigenvalue weighted by atomic mass is 9.96. The number of aliphatic hydroxyl groups is 2. The number of aliphatic carboxylic acids is 1. The monoisotopic (exact) mass is 609 g/mol.